The minimum absolute atomic E-state index is 0.0714. The van der Waals surface area contributed by atoms with Gasteiger partial charge in [0.15, 0.2) is 5.16 Å². The first-order valence-electron chi connectivity index (χ1n) is 9.29. The molecule has 0 aliphatic heterocycles. The van der Waals surface area contributed by atoms with Crippen LogP contribution in [0.5, 0.6) is 0 Å². The van der Waals surface area contributed by atoms with Crippen molar-refractivity contribution in [3.63, 3.8) is 0 Å². The third-order valence-electron chi connectivity index (χ3n) is 4.68. The summed E-state index contributed by atoms with van der Waals surface area (Å²) in [6, 6.07) is 7.46. The Balaban J connectivity index is 1.76. The maximum Gasteiger partial charge on any atom is 0.343 e. The summed E-state index contributed by atoms with van der Waals surface area (Å²) in [5, 5.41) is 16.5. The molecular formula is C18H21N7O2S. The number of aromatic amines is 1. The number of aryl methyl sites for hydroxylation is 1. The number of para-hydroxylation sites is 1. The van der Waals surface area contributed by atoms with Crippen molar-refractivity contribution in [2.45, 2.75) is 50.7 Å². The predicted molar refractivity (Wildman–Crippen MR) is 108 cm³/mol. The molecule has 9 nitrogen and oxygen atoms in total. The predicted octanol–water partition coefficient (Wildman–Crippen LogP) is 2.04. The highest BCUT2D eigenvalue weighted by atomic mass is 32.2. The molecule has 1 N–H and O–H groups in total. The van der Waals surface area contributed by atoms with Crippen molar-refractivity contribution in [2.24, 2.45) is 0 Å². The van der Waals surface area contributed by atoms with Gasteiger partial charge in [-0.1, -0.05) is 37.2 Å². The Bertz CT molecular complexity index is 1250. The Morgan fingerprint density at radius 2 is 1.93 bits per heavy atom. The number of unbranched alkanes of at least 4 members (excludes halogenated alkanes) is 1. The third kappa shape index (κ3) is 3.03. The van der Waals surface area contributed by atoms with Crippen LogP contribution in [0.2, 0.25) is 0 Å². The smallest absolute Gasteiger partial charge is 0.277 e. The van der Waals surface area contributed by atoms with E-state index in [1.165, 1.54) is 11.8 Å². The Hall–Kier alpha value is -2.88. The molecule has 0 aliphatic rings. The van der Waals surface area contributed by atoms with Gasteiger partial charge in [-0.15, -0.1) is 15.3 Å². The molecule has 1 aromatic carbocycles. The molecule has 0 aliphatic carbocycles. The zero-order valence-electron chi connectivity index (χ0n) is 15.8. The van der Waals surface area contributed by atoms with Crippen molar-refractivity contribution >= 4 is 28.4 Å². The Labute approximate surface area is 164 Å². The van der Waals surface area contributed by atoms with E-state index in [4.69, 9.17) is 0 Å². The number of thioether (sulfide) groups is 1. The van der Waals surface area contributed by atoms with Gasteiger partial charge in [0, 0.05) is 13.1 Å². The molecule has 0 atom stereocenters. The molecule has 0 bridgehead atoms. The fourth-order valence-corrected chi connectivity index (χ4v) is 4.13. The number of hydrogen-bond acceptors (Lipinski definition) is 6. The maximum atomic E-state index is 12.7. The van der Waals surface area contributed by atoms with Gasteiger partial charge in [0.05, 0.1) is 16.7 Å². The quantitative estimate of drug-likeness (QED) is 0.477. The van der Waals surface area contributed by atoms with Crippen molar-refractivity contribution in [2.75, 3.05) is 0 Å². The summed E-state index contributed by atoms with van der Waals surface area (Å²) >= 11 is 1.43. The lowest BCUT2D eigenvalue weighted by Crippen LogP contribution is -2.22. The van der Waals surface area contributed by atoms with Crippen molar-refractivity contribution in [3.8, 4) is 0 Å². The van der Waals surface area contributed by atoms with Gasteiger partial charge in [-0.2, -0.15) is 0 Å². The minimum Gasteiger partial charge on any atom is -0.277 e. The summed E-state index contributed by atoms with van der Waals surface area (Å²) in [6.45, 7) is 5.13. The van der Waals surface area contributed by atoms with Gasteiger partial charge >= 0.3 is 5.69 Å². The summed E-state index contributed by atoms with van der Waals surface area (Å²) in [6.07, 6.45) is 1.91. The van der Waals surface area contributed by atoms with E-state index in [1.807, 2.05) is 35.6 Å². The zero-order valence-corrected chi connectivity index (χ0v) is 16.6. The van der Waals surface area contributed by atoms with Crippen LogP contribution in [0.4, 0.5) is 0 Å². The summed E-state index contributed by atoms with van der Waals surface area (Å²) in [5.41, 5.74) is 0.503. The van der Waals surface area contributed by atoms with Crippen molar-refractivity contribution in [1.82, 2.24) is 33.9 Å². The number of aromatic nitrogens is 7. The number of nitrogens with one attached hydrogen (secondary N) is 1. The fraction of sp³-hybridized carbons (Fsp3) is 0.389. The molecule has 0 amide bonds. The van der Waals surface area contributed by atoms with Gasteiger partial charge in [0.1, 0.15) is 5.82 Å². The molecule has 146 valence electrons. The van der Waals surface area contributed by atoms with Crippen LogP contribution < -0.4 is 11.2 Å². The molecule has 3 heterocycles. The molecule has 3 aromatic heterocycles. The topological polar surface area (TPSA) is 103 Å². The standard InChI is InChI=1S/C18H21N7O2S/c1-3-5-10-24-17(27)21-22-18(24)28-11-14-19-20-16-23(4-2)15(26)12-8-6-7-9-13(12)25(14)16/h6-9H,3-5,10-11H2,1-2H3,(H,21,27). The van der Waals surface area contributed by atoms with Gasteiger partial charge in [-0.05, 0) is 25.5 Å². The summed E-state index contributed by atoms with van der Waals surface area (Å²) in [5.74, 6) is 1.70. The molecule has 0 spiro atoms. The summed E-state index contributed by atoms with van der Waals surface area (Å²) in [7, 11) is 0. The second-order valence-electron chi connectivity index (χ2n) is 6.42. The van der Waals surface area contributed by atoms with Crippen molar-refractivity contribution in [1.29, 1.82) is 0 Å². The molecule has 4 aromatic rings. The van der Waals surface area contributed by atoms with Gasteiger partial charge in [0.2, 0.25) is 5.78 Å². The molecule has 0 saturated heterocycles. The number of H-pyrrole nitrogens is 1. The van der Waals surface area contributed by atoms with Crippen LogP contribution in [0.25, 0.3) is 16.7 Å². The SMILES string of the molecule is CCCCn1c(SCc2nnc3n(CC)c(=O)c4ccccc4n23)n[nH]c1=O. The monoisotopic (exact) mass is 399 g/mol. The second-order valence-corrected chi connectivity index (χ2v) is 7.37. The average molecular weight is 399 g/mol. The third-order valence-corrected chi connectivity index (χ3v) is 5.65. The molecule has 4 rings (SSSR count). The molecule has 0 radical (unpaired) electrons. The molecule has 10 heteroatoms. The molecule has 0 fully saturated rings. The maximum absolute atomic E-state index is 12.7. The molecule has 0 saturated carbocycles. The Morgan fingerprint density at radius 3 is 2.71 bits per heavy atom. The van der Waals surface area contributed by atoms with Crippen LogP contribution in [-0.4, -0.2) is 33.9 Å². The summed E-state index contributed by atoms with van der Waals surface area (Å²) < 4.78 is 5.18. The minimum atomic E-state index is -0.202. The van der Waals surface area contributed by atoms with Gasteiger partial charge in [-0.3, -0.25) is 18.3 Å². The highest BCUT2D eigenvalue weighted by molar-refractivity contribution is 7.98. The molecular weight excluding hydrogens is 378 g/mol. The summed E-state index contributed by atoms with van der Waals surface area (Å²) in [4.78, 5) is 24.7. The number of benzene rings is 1. The van der Waals surface area contributed by atoms with E-state index in [1.54, 1.807) is 9.13 Å². The lowest BCUT2D eigenvalue weighted by Gasteiger charge is -2.09. The van der Waals surface area contributed by atoms with Crippen LogP contribution in [0.15, 0.2) is 39.0 Å². The lowest BCUT2D eigenvalue weighted by molar-refractivity contribution is 0.573. The first-order chi connectivity index (χ1) is 13.7. The Morgan fingerprint density at radius 1 is 1.11 bits per heavy atom. The van der Waals surface area contributed by atoms with E-state index in [9.17, 15) is 9.59 Å². The van der Waals surface area contributed by atoms with Crippen molar-refractivity contribution < 1.29 is 0 Å². The van der Waals surface area contributed by atoms with E-state index < -0.39 is 0 Å². The first-order valence-corrected chi connectivity index (χ1v) is 10.3. The van der Waals surface area contributed by atoms with Crippen LogP contribution in [0, 0.1) is 0 Å². The lowest BCUT2D eigenvalue weighted by atomic mass is 10.2. The van der Waals surface area contributed by atoms with E-state index in [0.717, 1.165) is 18.4 Å². The highest BCUT2D eigenvalue weighted by Crippen LogP contribution is 2.22. The number of hydrogen-bond donors (Lipinski definition) is 1. The second kappa shape index (κ2) is 7.63. The van der Waals surface area contributed by atoms with Crippen LogP contribution in [-0.2, 0) is 18.8 Å². The molecule has 28 heavy (non-hydrogen) atoms. The first kappa shape index (κ1) is 18.5. The Kier molecular flexibility index (Phi) is 5.03. The van der Waals surface area contributed by atoms with Crippen molar-refractivity contribution in [3.05, 3.63) is 50.9 Å². The molecule has 0 unspecified atom stereocenters. The largest absolute Gasteiger partial charge is 0.343 e. The van der Waals surface area contributed by atoms with Gasteiger partial charge in [0.25, 0.3) is 5.56 Å². The van der Waals surface area contributed by atoms with E-state index in [-0.39, 0.29) is 11.2 Å². The number of fused-ring (bicyclic) bond motifs is 3. The van der Waals surface area contributed by atoms with E-state index in [0.29, 0.717) is 41.0 Å². The fourth-order valence-electron chi connectivity index (χ4n) is 3.25. The van der Waals surface area contributed by atoms with Crippen LogP contribution in [0.1, 0.15) is 32.5 Å². The zero-order chi connectivity index (χ0) is 19.7. The number of nitrogens with zero attached hydrogens (tertiary/aromatic N) is 6. The van der Waals surface area contributed by atoms with E-state index >= 15 is 0 Å². The van der Waals surface area contributed by atoms with E-state index in [2.05, 4.69) is 27.3 Å². The van der Waals surface area contributed by atoms with Crippen LogP contribution in [0.3, 0.4) is 0 Å². The average Bonchev–Trinajstić information content (AvgIpc) is 3.29. The normalized spacial score (nSPS) is 11.6. The van der Waals surface area contributed by atoms with Gasteiger partial charge in [-0.25, -0.2) is 9.89 Å². The van der Waals surface area contributed by atoms with Gasteiger partial charge < -0.3 is 0 Å². The number of rotatable bonds is 7. The highest BCUT2D eigenvalue weighted by Gasteiger charge is 2.17. The van der Waals surface area contributed by atoms with Crippen LogP contribution >= 0.6 is 11.8 Å².